The molecule has 1 atom stereocenters. The van der Waals surface area contributed by atoms with Gasteiger partial charge in [0, 0.05) is 6.42 Å². The zero-order valence-electron chi connectivity index (χ0n) is 8.50. The van der Waals surface area contributed by atoms with Gasteiger partial charge in [0.25, 0.3) is 10.1 Å². The Bertz CT molecular complexity index is 549. The third kappa shape index (κ3) is 2.32. The highest BCUT2D eigenvalue weighted by Crippen LogP contribution is 2.29. The summed E-state index contributed by atoms with van der Waals surface area (Å²) in [7, 11) is -3.99. The zero-order chi connectivity index (χ0) is 12.0. The number of benzene rings is 1. The Labute approximate surface area is 100 Å². The summed E-state index contributed by atoms with van der Waals surface area (Å²) in [6, 6.07) is 6.06. The quantitative estimate of drug-likeness (QED) is 0.771. The fraction of sp³-hybridized carbons (Fsp3) is 0.364. The van der Waals surface area contributed by atoms with Gasteiger partial charge in [-0.15, -0.1) is 0 Å². The number of carbonyl (C=O) groups is 1. The summed E-state index contributed by atoms with van der Waals surface area (Å²) < 4.78 is 28.2. The van der Waals surface area contributed by atoms with Gasteiger partial charge in [-0.1, -0.05) is 19.6 Å². The summed E-state index contributed by atoms with van der Waals surface area (Å²) in [6.07, 6.45) is 0.0232. The molecule has 1 N–H and O–H groups in total. The Kier molecular flexibility index (Phi) is 3.31. The molecule has 0 radical (unpaired) electrons. The van der Waals surface area contributed by atoms with Crippen molar-refractivity contribution in [1.29, 1.82) is 0 Å². The molecule has 1 aromatic carbocycles. The molecule has 0 aliphatic carbocycles. The molecular formula is C11H14O5S. The minimum absolute atomic E-state index is 0. The van der Waals surface area contributed by atoms with Gasteiger partial charge in [-0.05, 0) is 24.6 Å². The van der Waals surface area contributed by atoms with Gasteiger partial charge in [0.05, 0.1) is 4.90 Å². The average molecular weight is 258 g/mol. The topological polar surface area (TPSA) is 80.7 Å². The van der Waals surface area contributed by atoms with Crippen molar-refractivity contribution in [3.8, 4) is 0 Å². The number of carboxylic acids is 1. The predicted octanol–water partition coefficient (Wildman–Crippen LogP) is 1.43. The van der Waals surface area contributed by atoms with E-state index in [0.717, 1.165) is 0 Å². The van der Waals surface area contributed by atoms with Crippen LogP contribution in [-0.4, -0.2) is 25.1 Å². The fourth-order valence-electron chi connectivity index (χ4n) is 1.63. The van der Waals surface area contributed by atoms with E-state index in [4.69, 9.17) is 9.29 Å². The van der Waals surface area contributed by atoms with E-state index in [1.807, 2.05) is 0 Å². The average Bonchev–Trinajstić information content (AvgIpc) is 2.22. The first-order valence-electron chi connectivity index (χ1n) is 4.61. The molecular weight excluding hydrogens is 244 g/mol. The van der Waals surface area contributed by atoms with Crippen LogP contribution in [0.25, 0.3) is 0 Å². The maximum Gasteiger partial charge on any atom is 0.337 e. The number of hydrogen-bond acceptors (Lipinski definition) is 4. The van der Waals surface area contributed by atoms with Crippen LogP contribution < -0.4 is 0 Å². The Hall–Kier alpha value is -1.40. The van der Waals surface area contributed by atoms with Crippen LogP contribution in [0, 0.1) is 0 Å². The molecule has 1 heterocycles. The van der Waals surface area contributed by atoms with Crippen LogP contribution in [0.1, 0.15) is 19.9 Å². The standard InChI is InChI=1S/C10H10O5S.CH4/c1-10(9(11)12)6-7-3-2-4-8(5-7)16(13,14)15-10;/h2-5H,6H2,1H3,(H,11,12);1H4. The largest absolute Gasteiger partial charge is 0.479 e. The van der Waals surface area contributed by atoms with Crippen molar-refractivity contribution in [2.24, 2.45) is 0 Å². The normalized spacial score (nSPS) is 25.5. The second-order valence-electron chi connectivity index (χ2n) is 3.90. The molecule has 5 nitrogen and oxygen atoms in total. The van der Waals surface area contributed by atoms with E-state index in [2.05, 4.69) is 0 Å². The lowest BCUT2D eigenvalue weighted by Crippen LogP contribution is -2.41. The maximum absolute atomic E-state index is 11.7. The van der Waals surface area contributed by atoms with E-state index in [9.17, 15) is 13.2 Å². The van der Waals surface area contributed by atoms with Crippen LogP contribution in [-0.2, 0) is 25.5 Å². The molecule has 0 amide bonds. The lowest BCUT2D eigenvalue weighted by atomic mass is 9.97. The van der Waals surface area contributed by atoms with E-state index >= 15 is 0 Å². The van der Waals surface area contributed by atoms with Crippen LogP contribution in [0.5, 0.6) is 0 Å². The molecule has 2 rings (SSSR count). The Morgan fingerprint density at radius 3 is 2.71 bits per heavy atom. The van der Waals surface area contributed by atoms with Crippen LogP contribution in [0.4, 0.5) is 0 Å². The van der Waals surface area contributed by atoms with Crippen molar-refractivity contribution in [2.45, 2.75) is 31.3 Å². The summed E-state index contributed by atoms with van der Waals surface area (Å²) in [4.78, 5) is 11.0. The first-order chi connectivity index (χ1) is 7.33. The van der Waals surface area contributed by atoms with Crippen LogP contribution in [0.2, 0.25) is 0 Å². The number of aliphatic carboxylic acids is 1. The molecule has 17 heavy (non-hydrogen) atoms. The smallest absolute Gasteiger partial charge is 0.337 e. The lowest BCUT2D eigenvalue weighted by molar-refractivity contribution is -0.153. The Balaban J connectivity index is 0.00000144. The second-order valence-corrected chi connectivity index (χ2v) is 5.44. The Morgan fingerprint density at radius 2 is 2.12 bits per heavy atom. The van der Waals surface area contributed by atoms with E-state index < -0.39 is 21.7 Å². The number of carboxylic acid groups (broad SMARTS) is 1. The molecule has 0 saturated heterocycles. The third-order valence-corrected chi connectivity index (χ3v) is 3.89. The van der Waals surface area contributed by atoms with Crippen molar-refractivity contribution in [3.05, 3.63) is 29.8 Å². The predicted molar refractivity (Wildman–Crippen MR) is 61.2 cm³/mol. The molecule has 1 aliphatic heterocycles. The molecule has 0 fully saturated rings. The van der Waals surface area contributed by atoms with Crippen molar-refractivity contribution in [3.63, 3.8) is 0 Å². The van der Waals surface area contributed by atoms with Gasteiger partial charge in [0.1, 0.15) is 0 Å². The first kappa shape index (κ1) is 13.7. The van der Waals surface area contributed by atoms with Crippen molar-refractivity contribution in [1.82, 2.24) is 0 Å². The molecule has 1 aromatic rings. The monoisotopic (exact) mass is 258 g/mol. The molecule has 0 aromatic heterocycles. The summed E-state index contributed by atoms with van der Waals surface area (Å²) in [5.74, 6) is -1.29. The summed E-state index contributed by atoms with van der Waals surface area (Å²) in [5.41, 5.74) is -1.11. The summed E-state index contributed by atoms with van der Waals surface area (Å²) in [6.45, 7) is 1.25. The van der Waals surface area contributed by atoms with Crippen LogP contribution >= 0.6 is 0 Å². The van der Waals surface area contributed by atoms with Gasteiger partial charge in [0.2, 0.25) is 0 Å². The highest BCUT2D eigenvalue weighted by Gasteiger charge is 2.42. The van der Waals surface area contributed by atoms with Gasteiger partial charge in [-0.25, -0.2) is 8.98 Å². The summed E-state index contributed by atoms with van der Waals surface area (Å²) >= 11 is 0. The van der Waals surface area contributed by atoms with Gasteiger partial charge in [-0.3, -0.25) is 0 Å². The van der Waals surface area contributed by atoms with Gasteiger partial charge in [-0.2, -0.15) is 8.42 Å². The molecule has 0 spiro atoms. The highest BCUT2D eigenvalue weighted by atomic mass is 32.2. The first-order valence-corrected chi connectivity index (χ1v) is 6.02. The third-order valence-electron chi connectivity index (χ3n) is 2.47. The molecule has 6 heteroatoms. The molecule has 94 valence electrons. The van der Waals surface area contributed by atoms with Crippen LogP contribution in [0.3, 0.4) is 0 Å². The number of hydrogen-bond donors (Lipinski definition) is 1. The van der Waals surface area contributed by atoms with Gasteiger partial charge >= 0.3 is 5.97 Å². The molecule has 1 unspecified atom stereocenters. The molecule has 0 saturated carbocycles. The molecule has 1 aliphatic rings. The maximum atomic E-state index is 11.7. The number of rotatable bonds is 1. The summed E-state index contributed by atoms with van der Waals surface area (Å²) in [5, 5.41) is 9.01. The highest BCUT2D eigenvalue weighted by molar-refractivity contribution is 7.86. The fourth-order valence-corrected chi connectivity index (χ4v) is 2.88. The lowest BCUT2D eigenvalue weighted by Gasteiger charge is -2.21. The minimum atomic E-state index is -3.99. The van der Waals surface area contributed by atoms with E-state index in [1.165, 1.54) is 19.1 Å². The SMILES string of the molecule is C.CC1(C(=O)O)Cc2cccc(c2)S(=O)(=O)O1. The Morgan fingerprint density at radius 1 is 1.47 bits per heavy atom. The van der Waals surface area contributed by atoms with E-state index in [0.29, 0.717) is 5.56 Å². The number of fused-ring (bicyclic) bond motifs is 2. The van der Waals surface area contributed by atoms with Gasteiger partial charge < -0.3 is 5.11 Å². The van der Waals surface area contributed by atoms with Crippen molar-refractivity contribution >= 4 is 16.1 Å². The van der Waals surface area contributed by atoms with Crippen molar-refractivity contribution in [2.75, 3.05) is 0 Å². The second kappa shape index (κ2) is 4.12. The minimum Gasteiger partial charge on any atom is -0.479 e. The van der Waals surface area contributed by atoms with Crippen LogP contribution in [0.15, 0.2) is 29.2 Å². The molecule has 2 bridgehead atoms. The van der Waals surface area contributed by atoms with Crippen molar-refractivity contribution < 1.29 is 22.5 Å². The van der Waals surface area contributed by atoms with E-state index in [-0.39, 0.29) is 18.7 Å². The van der Waals surface area contributed by atoms with Gasteiger partial charge in [0.15, 0.2) is 5.60 Å². The zero-order valence-corrected chi connectivity index (χ0v) is 9.32. The van der Waals surface area contributed by atoms with E-state index in [1.54, 1.807) is 12.1 Å².